The van der Waals surface area contributed by atoms with Crippen LogP contribution in [0.25, 0.3) is 0 Å². The van der Waals surface area contributed by atoms with Crippen molar-refractivity contribution >= 4 is 23.4 Å². The molecule has 0 aromatic heterocycles. The van der Waals surface area contributed by atoms with Gasteiger partial charge in [0.15, 0.2) is 0 Å². The molecule has 3 fully saturated rings. The van der Waals surface area contributed by atoms with Crippen LogP contribution in [-0.4, -0.2) is 29.2 Å². The van der Waals surface area contributed by atoms with Gasteiger partial charge in [-0.3, -0.25) is 19.3 Å². The van der Waals surface area contributed by atoms with E-state index in [1.54, 1.807) is 24.3 Å². The van der Waals surface area contributed by atoms with E-state index in [4.69, 9.17) is 4.74 Å². The molecule has 6 atom stereocenters. The lowest BCUT2D eigenvalue weighted by Gasteiger charge is -2.37. The number of likely N-dealkylation sites (tertiary alicyclic amines) is 1. The quantitative estimate of drug-likeness (QED) is 0.435. The van der Waals surface area contributed by atoms with Gasteiger partial charge >= 0.3 is 0 Å². The number of anilines is 1. The minimum absolute atomic E-state index is 0.123. The number of nitrogens with zero attached hydrogens (tertiary/aromatic N) is 1. The predicted octanol–water partition coefficient (Wildman–Crippen LogP) is 5.16. The Kier molecular flexibility index (Phi) is 5.32. The van der Waals surface area contributed by atoms with Gasteiger partial charge < -0.3 is 10.1 Å². The summed E-state index contributed by atoms with van der Waals surface area (Å²) < 4.78 is 5.95. The van der Waals surface area contributed by atoms with Crippen molar-refractivity contribution in [3.05, 3.63) is 66.2 Å². The number of rotatable bonds is 7. The lowest BCUT2D eigenvalue weighted by Crippen LogP contribution is -2.40. The Morgan fingerprint density at radius 3 is 1.97 bits per heavy atom. The molecule has 1 saturated heterocycles. The maximum absolute atomic E-state index is 13.1. The maximum atomic E-state index is 13.1. The standard InChI is InChI=1S/C30H32N2O4/c1-4-30(2,3)17-5-9-19(10-6-17)36-20-11-7-18(8-12-20)31-25(33)16-32-28(34)26-21-13-14-22(24-15-23(21)24)27(26)29(32)35/h5-14,21-24,26-27H,4,15-16H2,1-3H3,(H,31,33)/t21-,22-,23-,24-,26-,27+/m0/s1. The van der Waals surface area contributed by atoms with Crippen molar-refractivity contribution < 1.29 is 19.1 Å². The number of amides is 3. The molecule has 0 spiro atoms. The number of ether oxygens (including phenoxy) is 1. The van der Waals surface area contributed by atoms with Crippen LogP contribution in [0.2, 0.25) is 0 Å². The molecule has 2 saturated carbocycles. The molecule has 0 unspecified atom stereocenters. The number of carbonyl (C=O) groups is 3. The minimum Gasteiger partial charge on any atom is -0.457 e. The number of hydrogen-bond acceptors (Lipinski definition) is 4. The van der Waals surface area contributed by atoms with Gasteiger partial charge in [-0.15, -0.1) is 0 Å². The normalized spacial score (nSPS) is 29.7. The molecular weight excluding hydrogens is 452 g/mol. The zero-order valence-corrected chi connectivity index (χ0v) is 20.9. The average Bonchev–Trinajstić information content (AvgIpc) is 3.66. The Morgan fingerprint density at radius 2 is 1.44 bits per heavy atom. The molecular formula is C30H32N2O4. The predicted molar refractivity (Wildman–Crippen MR) is 136 cm³/mol. The number of hydrogen-bond donors (Lipinski definition) is 1. The minimum atomic E-state index is -0.372. The van der Waals surface area contributed by atoms with Gasteiger partial charge in [0, 0.05) is 5.69 Å². The van der Waals surface area contributed by atoms with E-state index in [0.29, 0.717) is 23.3 Å². The third-order valence-electron chi connectivity index (χ3n) is 8.95. The van der Waals surface area contributed by atoms with Gasteiger partial charge in [0.2, 0.25) is 17.7 Å². The summed E-state index contributed by atoms with van der Waals surface area (Å²) in [5.74, 6) is 1.55. The Bertz CT molecular complexity index is 1210. The second-order valence-corrected chi connectivity index (χ2v) is 11.4. The summed E-state index contributed by atoms with van der Waals surface area (Å²) in [6.45, 7) is 6.39. The van der Waals surface area contributed by atoms with E-state index in [2.05, 4.69) is 50.4 Å². The molecule has 186 valence electrons. The highest BCUT2D eigenvalue weighted by Crippen LogP contribution is 2.65. The summed E-state index contributed by atoms with van der Waals surface area (Å²) in [6, 6.07) is 15.2. The molecule has 2 bridgehead atoms. The number of carbonyl (C=O) groups excluding carboxylic acids is 3. The molecule has 5 aliphatic rings. The second kappa shape index (κ2) is 8.32. The van der Waals surface area contributed by atoms with Crippen LogP contribution >= 0.6 is 0 Å². The van der Waals surface area contributed by atoms with E-state index in [-0.39, 0.29) is 53.4 Å². The number of imide groups is 1. The largest absolute Gasteiger partial charge is 0.457 e. The fraction of sp³-hybridized carbons (Fsp3) is 0.433. The first-order valence-electron chi connectivity index (χ1n) is 13.0. The van der Waals surface area contributed by atoms with Crippen LogP contribution < -0.4 is 10.1 Å². The van der Waals surface area contributed by atoms with E-state index >= 15 is 0 Å². The SMILES string of the molecule is CCC(C)(C)c1ccc(Oc2ccc(NC(=O)CN3C(=O)[C@@H]4[C@H]5C=C[C@@H]([C@@H]6C[C@@H]56)[C@@H]4C3=O)cc2)cc1. The molecule has 1 heterocycles. The molecule has 6 heteroatoms. The fourth-order valence-corrected chi connectivity index (χ4v) is 6.44. The maximum Gasteiger partial charge on any atom is 0.244 e. The van der Waals surface area contributed by atoms with Gasteiger partial charge in [-0.1, -0.05) is 45.1 Å². The summed E-state index contributed by atoms with van der Waals surface area (Å²) in [7, 11) is 0. The number of allylic oxidation sites excluding steroid dienone is 2. The Hall–Kier alpha value is -3.41. The first-order valence-corrected chi connectivity index (χ1v) is 13.0. The summed E-state index contributed by atoms with van der Waals surface area (Å²) >= 11 is 0. The molecule has 0 radical (unpaired) electrons. The van der Waals surface area contributed by atoms with Crippen molar-refractivity contribution in [3.63, 3.8) is 0 Å². The van der Waals surface area contributed by atoms with E-state index in [9.17, 15) is 14.4 Å². The number of nitrogens with one attached hydrogen (secondary N) is 1. The van der Waals surface area contributed by atoms with Crippen LogP contribution in [0.4, 0.5) is 5.69 Å². The van der Waals surface area contributed by atoms with Gasteiger partial charge in [0.05, 0.1) is 11.8 Å². The van der Waals surface area contributed by atoms with Gasteiger partial charge in [-0.25, -0.2) is 0 Å². The van der Waals surface area contributed by atoms with Gasteiger partial charge in [-0.05, 0) is 83.9 Å². The van der Waals surface area contributed by atoms with Gasteiger partial charge in [-0.2, -0.15) is 0 Å². The van der Waals surface area contributed by atoms with E-state index < -0.39 is 0 Å². The molecule has 3 amide bonds. The monoisotopic (exact) mass is 484 g/mol. The van der Waals surface area contributed by atoms with Crippen molar-refractivity contribution in [1.82, 2.24) is 4.90 Å². The van der Waals surface area contributed by atoms with Crippen LogP contribution in [0.3, 0.4) is 0 Å². The molecule has 1 N–H and O–H groups in total. The molecule has 7 rings (SSSR count). The van der Waals surface area contributed by atoms with Gasteiger partial charge in [0.1, 0.15) is 18.0 Å². The van der Waals surface area contributed by atoms with Crippen molar-refractivity contribution in [2.45, 2.75) is 39.0 Å². The van der Waals surface area contributed by atoms with E-state index in [1.165, 1.54) is 10.5 Å². The Labute approximate surface area is 211 Å². The summed E-state index contributed by atoms with van der Waals surface area (Å²) in [4.78, 5) is 40.1. The second-order valence-electron chi connectivity index (χ2n) is 11.4. The molecule has 6 nitrogen and oxygen atoms in total. The van der Waals surface area contributed by atoms with Crippen LogP contribution in [0.1, 0.15) is 39.2 Å². The van der Waals surface area contributed by atoms with Crippen LogP contribution in [0, 0.1) is 35.5 Å². The fourth-order valence-electron chi connectivity index (χ4n) is 6.44. The van der Waals surface area contributed by atoms with Crippen molar-refractivity contribution in [1.29, 1.82) is 0 Å². The Balaban J connectivity index is 1.06. The zero-order valence-electron chi connectivity index (χ0n) is 20.9. The summed E-state index contributed by atoms with van der Waals surface area (Å²) in [5.41, 5.74) is 1.98. The van der Waals surface area contributed by atoms with Crippen LogP contribution in [-0.2, 0) is 19.8 Å². The summed E-state index contributed by atoms with van der Waals surface area (Å²) in [6.07, 6.45) is 6.46. The van der Waals surface area contributed by atoms with E-state index in [0.717, 1.165) is 18.6 Å². The van der Waals surface area contributed by atoms with E-state index in [1.807, 2.05) is 12.1 Å². The summed E-state index contributed by atoms with van der Waals surface area (Å²) in [5, 5.41) is 2.81. The van der Waals surface area contributed by atoms with Crippen molar-refractivity contribution in [2.24, 2.45) is 35.5 Å². The third kappa shape index (κ3) is 3.74. The third-order valence-corrected chi connectivity index (χ3v) is 8.95. The molecule has 2 aromatic carbocycles. The number of benzene rings is 2. The van der Waals surface area contributed by atoms with Crippen molar-refractivity contribution in [3.8, 4) is 11.5 Å². The van der Waals surface area contributed by atoms with Crippen molar-refractivity contribution in [2.75, 3.05) is 11.9 Å². The first-order chi connectivity index (χ1) is 17.3. The topological polar surface area (TPSA) is 75.7 Å². The lowest BCUT2D eigenvalue weighted by molar-refractivity contribution is -0.142. The Morgan fingerprint density at radius 1 is 0.917 bits per heavy atom. The van der Waals surface area contributed by atoms with Crippen LogP contribution in [0.5, 0.6) is 11.5 Å². The average molecular weight is 485 g/mol. The smallest absolute Gasteiger partial charge is 0.244 e. The molecule has 4 aliphatic carbocycles. The molecule has 2 aromatic rings. The molecule has 36 heavy (non-hydrogen) atoms. The lowest BCUT2D eigenvalue weighted by atomic mass is 9.63. The highest BCUT2D eigenvalue weighted by molar-refractivity contribution is 6.09. The highest BCUT2D eigenvalue weighted by Gasteiger charge is 2.67. The zero-order chi connectivity index (χ0) is 25.2. The van der Waals surface area contributed by atoms with Gasteiger partial charge in [0.25, 0.3) is 0 Å². The molecule has 1 aliphatic heterocycles. The van der Waals surface area contributed by atoms with Crippen LogP contribution in [0.15, 0.2) is 60.7 Å². The highest BCUT2D eigenvalue weighted by atomic mass is 16.5. The first kappa shape index (κ1) is 23.0.